The number of alkyl halides is 3. The Labute approximate surface area is 109 Å². The predicted molar refractivity (Wildman–Crippen MR) is 63.7 cm³/mol. The van der Waals surface area contributed by atoms with Crippen LogP contribution in [0.15, 0.2) is 12.3 Å². The van der Waals surface area contributed by atoms with Crippen LogP contribution in [-0.4, -0.2) is 29.2 Å². The van der Waals surface area contributed by atoms with Gasteiger partial charge in [0, 0.05) is 12.7 Å². The van der Waals surface area contributed by atoms with E-state index in [4.69, 9.17) is 4.74 Å². The minimum atomic E-state index is -4.44. The van der Waals surface area contributed by atoms with E-state index in [1.165, 1.54) is 12.8 Å². The molecule has 0 unspecified atom stereocenters. The molecule has 1 aliphatic carbocycles. The summed E-state index contributed by atoms with van der Waals surface area (Å²) in [7, 11) is 0. The van der Waals surface area contributed by atoms with Crippen LogP contribution in [0.4, 0.5) is 19.1 Å². The van der Waals surface area contributed by atoms with Crippen LogP contribution in [0.1, 0.15) is 31.4 Å². The minimum absolute atomic E-state index is 0.0233. The van der Waals surface area contributed by atoms with Crippen LogP contribution < -0.4 is 5.32 Å². The van der Waals surface area contributed by atoms with E-state index in [-0.39, 0.29) is 5.95 Å². The second-order valence-corrected chi connectivity index (χ2v) is 4.47. The van der Waals surface area contributed by atoms with Gasteiger partial charge >= 0.3 is 6.18 Å². The minimum Gasteiger partial charge on any atom is -0.376 e. The third-order valence-corrected chi connectivity index (χ3v) is 2.99. The Bertz CT molecular complexity index is 405. The molecule has 19 heavy (non-hydrogen) atoms. The van der Waals surface area contributed by atoms with Crippen LogP contribution in [0.25, 0.3) is 0 Å². The van der Waals surface area contributed by atoms with E-state index in [1.54, 1.807) is 0 Å². The number of halogens is 3. The van der Waals surface area contributed by atoms with Crippen molar-refractivity contribution >= 4 is 5.95 Å². The Hall–Kier alpha value is -1.37. The van der Waals surface area contributed by atoms with Crippen LogP contribution in [0.3, 0.4) is 0 Å². The Morgan fingerprint density at radius 1 is 1.32 bits per heavy atom. The van der Waals surface area contributed by atoms with Crippen molar-refractivity contribution < 1.29 is 17.9 Å². The monoisotopic (exact) mass is 275 g/mol. The van der Waals surface area contributed by atoms with Gasteiger partial charge in [-0.15, -0.1) is 0 Å². The van der Waals surface area contributed by atoms with Crippen LogP contribution in [0.2, 0.25) is 0 Å². The normalized spacial score (nSPS) is 16.8. The molecule has 0 atom stereocenters. The van der Waals surface area contributed by atoms with Gasteiger partial charge in [0.15, 0.2) is 0 Å². The largest absolute Gasteiger partial charge is 0.433 e. The van der Waals surface area contributed by atoms with Gasteiger partial charge < -0.3 is 10.1 Å². The van der Waals surface area contributed by atoms with Crippen LogP contribution in [-0.2, 0) is 10.9 Å². The molecule has 106 valence electrons. The molecule has 0 bridgehead atoms. The smallest absolute Gasteiger partial charge is 0.376 e. The molecule has 0 spiro atoms. The van der Waals surface area contributed by atoms with Crippen molar-refractivity contribution in [3.8, 4) is 0 Å². The molecule has 2 rings (SSSR count). The van der Waals surface area contributed by atoms with Gasteiger partial charge in [0.25, 0.3) is 0 Å². The molecule has 1 heterocycles. The molecule has 0 amide bonds. The summed E-state index contributed by atoms with van der Waals surface area (Å²) < 4.78 is 42.8. The molecule has 1 aromatic rings. The lowest BCUT2D eigenvalue weighted by Gasteiger charge is -2.12. The molecule has 0 radical (unpaired) electrons. The predicted octanol–water partition coefficient (Wildman–Crippen LogP) is 2.87. The van der Waals surface area contributed by atoms with Gasteiger partial charge in [-0.05, 0) is 18.9 Å². The van der Waals surface area contributed by atoms with Gasteiger partial charge in [-0.1, -0.05) is 12.8 Å². The number of rotatable bonds is 5. The average Bonchev–Trinajstić information content (AvgIpc) is 2.87. The first-order valence-electron chi connectivity index (χ1n) is 6.31. The summed E-state index contributed by atoms with van der Waals surface area (Å²) in [5.74, 6) is -0.0233. The lowest BCUT2D eigenvalue weighted by atomic mass is 10.3. The van der Waals surface area contributed by atoms with E-state index in [2.05, 4.69) is 15.3 Å². The molecule has 0 aromatic carbocycles. The summed E-state index contributed by atoms with van der Waals surface area (Å²) in [6, 6.07) is 0.847. The van der Waals surface area contributed by atoms with Crippen molar-refractivity contribution in [1.82, 2.24) is 9.97 Å². The Morgan fingerprint density at radius 3 is 2.74 bits per heavy atom. The second-order valence-electron chi connectivity index (χ2n) is 4.47. The van der Waals surface area contributed by atoms with Crippen molar-refractivity contribution in [3.63, 3.8) is 0 Å². The number of ether oxygens (including phenoxy) is 1. The zero-order chi connectivity index (χ0) is 13.7. The van der Waals surface area contributed by atoms with Gasteiger partial charge in [-0.25, -0.2) is 9.97 Å². The number of nitrogens with one attached hydrogen (secondary N) is 1. The molecule has 1 N–H and O–H groups in total. The summed E-state index contributed by atoms with van der Waals surface area (Å²) in [4.78, 5) is 7.16. The topological polar surface area (TPSA) is 47.0 Å². The molecular formula is C12H16F3N3O. The number of hydrogen-bond donors (Lipinski definition) is 1. The Kier molecular flexibility index (Phi) is 4.57. The highest BCUT2D eigenvalue weighted by Gasteiger charge is 2.32. The first-order chi connectivity index (χ1) is 9.05. The fourth-order valence-corrected chi connectivity index (χ4v) is 2.05. The van der Waals surface area contributed by atoms with Crippen LogP contribution >= 0.6 is 0 Å². The maximum atomic E-state index is 12.4. The van der Waals surface area contributed by atoms with E-state index in [9.17, 15) is 13.2 Å². The highest BCUT2D eigenvalue weighted by molar-refractivity contribution is 5.25. The van der Waals surface area contributed by atoms with Crippen molar-refractivity contribution in [2.45, 2.75) is 38.0 Å². The van der Waals surface area contributed by atoms with Crippen LogP contribution in [0.5, 0.6) is 0 Å². The van der Waals surface area contributed by atoms with Gasteiger partial charge in [0.1, 0.15) is 5.69 Å². The first-order valence-corrected chi connectivity index (χ1v) is 6.31. The number of anilines is 1. The molecule has 4 nitrogen and oxygen atoms in total. The van der Waals surface area contributed by atoms with Crippen molar-refractivity contribution in [2.75, 3.05) is 18.5 Å². The third kappa shape index (κ3) is 4.34. The number of aromatic nitrogens is 2. The third-order valence-electron chi connectivity index (χ3n) is 2.99. The van der Waals surface area contributed by atoms with Crippen molar-refractivity contribution in [2.24, 2.45) is 0 Å². The molecule has 0 aliphatic heterocycles. The van der Waals surface area contributed by atoms with Crippen molar-refractivity contribution in [1.29, 1.82) is 0 Å². The molecule has 7 heteroatoms. The molecule has 1 aliphatic rings. The first kappa shape index (κ1) is 14.0. The maximum absolute atomic E-state index is 12.4. The summed E-state index contributed by atoms with van der Waals surface area (Å²) in [5, 5.41) is 2.73. The summed E-state index contributed by atoms with van der Waals surface area (Å²) in [6.45, 7) is 0.849. The molecule has 1 fully saturated rings. The lowest BCUT2D eigenvalue weighted by molar-refractivity contribution is -0.141. The molecule has 0 saturated heterocycles. The number of nitrogens with zero attached hydrogens (tertiary/aromatic N) is 2. The SMILES string of the molecule is FC(F)(F)c1ccnc(NCCOC2CCCC2)n1. The maximum Gasteiger partial charge on any atom is 0.433 e. The summed E-state index contributed by atoms with van der Waals surface area (Å²) >= 11 is 0. The second kappa shape index (κ2) is 6.18. The molecule has 1 saturated carbocycles. The van der Waals surface area contributed by atoms with E-state index in [0.717, 1.165) is 25.1 Å². The van der Waals surface area contributed by atoms with E-state index in [1.807, 2.05) is 0 Å². The lowest BCUT2D eigenvalue weighted by Crippen LogP contribution is -2.17. The van der Waals surface area contributed by atoms with E-state index in [0.29, 0.717) is 19.3 Å². The molecule has 1 aromatic heterocycles. The Balaban J connectivity index is 1.76. The van der Waals surface area contributed by atoms with Crippen LogP contribution in [0, 0.1) is 0 Å². The zero-order valence-corrected chi connectivity index (χ0v) is 10.4. The number of hydrogen-bond acceptors (Lipinski definition) is 4. The standard InChI is InChI=1S/C12H16F3N3O/c13-12(14,15)10-5-6-16-11(18-10)17-7-8-19-9-3-1-2-4-9/h5-6,9H,1-4,7-8H2,(H,16,17,18). The highest BCUT2D eigenvalue weighted by atomic mass is 19.4. The summed E-state index contributed by atoms with van der Waals surface area (Å²) in [5.41, 5.74) is -0.943. The van der Waals surface area contributed by atoms with Gasteiger partial charge in [0.05, 0.1) is 12.7 Å². The molecular weight excluding hydrogens is 259 g/mol. The quantitative estimate of drug-likeness (QED) is 0.839. The fourth-order valence-electron chi connectivity index (χ4n) is 2.05. The highest BCUT2D eigenvalue weighted by Crippen LogP contribution is 2.27. The van der Waals surface area contributed by atoms with E-state index >= 15 is 0 Å². The van der Waals surface area contributed by atoms with Gasteiger partial charge in [-0.2, -0.15) is 13.2 Å². The fraction of sp³-hybridized carbons (Fsp3) is 0.667. The van der Waals surface area contributed by atoms with Crippen molar-refractivity contribution in [3.05, 3.63) is 18.0 Å². The van der Waals surface area contributed by atoms with Gasteiger partial charge in [0.2, 0.25) is 5.95 Å². The van der Waals surface area contributed by atoms with E-state index < -0.39 is 11.9 Å². The Morgan fingerprint density at radius 2 is 2.05 bits per heavy atom. The zero-order valence-electron chi connectivity index (χ0n) is 10.4. The average molecular weight is 275 g/mol. The van der Waals surface area contributed by atoms with Gasteiger partial charge in [-0.3, -0.25) is 0 Å². The summed E-state index contributed by atoms with van der Waals surface area (Å²) in [6.07, 6.45) is 1.46.